The van der Waals surface area contributed by atoms with E-state index in [1.807, 2.05) is 6.92 Å². The molecular formula is C8H16F2N2O2. The highest BCUT2D eigenvalue weighted by Crippen LogP contribution is 1.98. The van der Waals surface area contributed by atoms with Gasteiger partial charge in [0.25, 0.3) is 6.43 Å². The van der Waals surface area contributed by atoms with Crippen LogP contribution < -0.4 is 5.32 Å². The predicted molar refractivity (Wildman–Crippen MR) is 48.2 cm³/mol. The molecule has 0 radical (unpaired) electrons. The number of rotatable bonds is 7. The number of hydrogen-bond acceptors (Lipinski definition) is 3. The topological polar surface area (TPSA) is 52.6 Å². The van der Waals surface area contributed by atoms with Crippen LogP contribution in [0.4, 0.5) is 8.78 Å². The minimum atomic E-state index is -2.56. The van der Waals surface area contributed by atoms with Crippen molar-refractivity contribution in [2.75, 3.05) is 32.8 Å². The molecule has 2 N–H and O–H groups in total. The molecule has 4 nitrogen and oxygen atoms in total. The van der Waals surface area contributed by atoms with Crippen molar-refractivity contribution in [3.8, 4) is 0 Å². The van der Waals surface area contributed by atoms with Gasteiger partial charge in [-0.1, -0.05) is 6.92 Å². The lowest BCUT2D eigenvalue weighted by atomic mass is 10.4. The summed E-state index contributed by atoms with van der Waals surface area (Å²) >= 11 is 0. The molecule has 0 aromatic carbocycles. The summed E-state index contributed by atoms with van der Waals surface area (Å²) in [5.41, 5.74) is 0. The average Bonchev–Trinajstić information content (AvgIpc) is 2.13. The van der Waals surface area contributed by atoms with Crippen LogP contribution in [-0.4, -0.2) is 55.1 Å². The maximum atomic E-state index is 12.0. The van der Waals surface area contributed by atoms with Gasteiger partial charge in [0.1, 0.15) is 0 Å². The Morgan fingerprint density at radius 2 is 2.21 bits per heavy atom. The van der Waals surface area contributed by atoms with E-state index in [1.54, 1.807) is 0 Å². The van der Waals surface area contributed by atoms with Gasteiger partial charge >= 0.3 is 0 Å². The third-order valence-electron chi connectivity index (χ3n) is 1.61. The van der Waals surface area contributed by atoms with Gasteiger partial charge in [0.15, 0.2) is 0 Å². The average molecular weight is 210 g/mol. The summed E-state index contributed by atoms with van der Waals surface area (Å²) in [5, 5.41) is 11.3. The number of nitrogens with one attached hydrogen (secondary N) is 1. The van der Waals surface area contributed by atoms with Gasteiger partial charge in [-0.05, 0) is 6.54 Å². The van der Waals surface area contributed by atoms with Crippen molar-refractivity contribution in [1.29, 1.82) is 0 Å². The van der Waals surface area contributed by atoms with Gasteiger partial charge in [0.2, 0.25) is 5.91 Å². The first-order valence-electron chi connectivity index (χ1n) is 4.49. The highest BCUT2D eigenvalue weighted by molar-refractivity contribution is 5.78. The fraction of sp³-hybridized carbons (Fsp3) is 0.875. The number of alkyl halides is 2. The molecule has 0 aromatic heterocycles. The maximum Gasteiger partial charge on any atom is 0.255 e. The molecule has 0 unspecified atom stereocenters. The van der Waals surface area contributed by atoms with Gasteiger partial charge in [-0.3, -0.25) is 4.79 Å². The van der Waals surface area contributed by atoms with Crippen molar-refractivity contribution in [1.82, 2.24) is 10.2 Å². The Bertz CT molecular complexity index is 167. The van der Waals surface area contributed by atoms with Gasteiger partial charge in [0.05, 0.1) is 19.7 Å². The number of carbonyl (C=O) groups is 1. The van der Waals surface area contributed by atoms with E-state index in [-0.39, 0.29) is 19.7 Å². The van der Waals surface area contributed by atoms with Crippen LogP contribution in [0.3, 0.4) is 0 Å². The van der Waals surface area contributed by atoms with Crippen LogP contribution in [0.1, 0.15) is 6.92 Å². The van der Waals surface area contributed by atoms with E-state index in [9.17, 15) is 13.6 Å². The van der Waals surface area contributed by atoms with E-state index in [2.05, 4.69) is 5.32 Å². The summed E-state index contributed by atoms with van der Waals surface area (Å²) < 4.78 is 24.0. The zero-order valence-corrected chi connectivity index (χ0v) is 8.17. The van der Waals surface area contributed by atoms with Crippen molar-refractivity contribution in [3.63, 3.8) is 0 Å². The van der Waals surface area contributed by atoms with E-state index in [4.69, 9.17) is 5.11 Å². The predicted octanol–water partition coefficient (Wildman–Crippen LogP) is -0.318. The third-order valence-corrected chi connectivity index (χ3v) is 1.61. The molecule has 84 valence electrons. The summed E-state index contributed by atoms with van der Waals surface area (Å²) in [6.45, 7) is 1.48. The van der Waals surface area contributed by atoms with Crippen LogP contribution in [0.15, 0.2) is 0 Å². The molecule has 0 saturated heterocycles. The first-order valence-corrected chi connectivity index (χ1v) is 4.49. The molecule has 14 heavy (non-hydrogen) atoms. The number of hydrogen-bond donors (Lipinski definition) is 2. The summed E-state index contributed by atoms with van der Waals surface area (Å²) in [6.07, 6.45) is -2.56. The van der Waals surface area contributed by atoms with Crippen molar-refractivity contribution in [2.45, 2.75) is 13.3 Å². The molecule has 0 fully saturated rings. The summed E-state index contributed by atoms with van der Waals surface area (Å²) in [6, 6.07) is 0. The number of aliphatic hydroxyl groups excluding tert-OH is 1. The minimum Gasteiger partial charge on any atom is -0.395 e. The van der Waals surface area contributed by atoms with Gasteiger partial charge in [0, 0.05) is 6.54 Å². The number of nitrogens with zero attached hydrogens (tertiary/aromatic N) is 1. The van der Waals surface area contributed by atoms with Crippen molar-refractivity contribution in [2.24, 2.45) is 0 Å². The number of likely N-dealkylation sites (N-methyl/N-ethyl adjacent to an activating group) is 1. The van der Waals surface area contributed by atoms with E-state index in [1.165, 1.54) is 0 Å². The Labute approximate surface area is 81.9 Å². The van der Waals surface area contributed by atoms with Gasteiger partial charge in [-0.25, -0.2) is 8.78 Å². The molecule has 0 aliphatic rings. The van der Waals surface area contributed by atoms with Crippen LogP contribution in [0.2, 0.25) is 0 Å². The van der Waals surface area contributed by atoms with E-state index in [0.29, 0.717) is 6.54 Å². The highest BCUT2D eigenvalue weighted by atomic mass is 19.3. The Balaban J connectivity index is 3.97. The molecule has 0 aliphatic heterocycles. The van der Waals surface area contributed by atoms with Crippen molar-refractivity contribution >= 4 is 5.91 Å². The quantitative estimate of drug-likeness (QED) is 0.605. The summed E-state index contributed by atoms with van der Waals surface area (Å²) in [5.74, 6) is -0.416. The molecule has 0 rings (SSSR count). The van der Waals surface area contributed by atoms with E-state index >= 15 is 0 Å². The summed E-state index contributed by atoms with van der Waals surface area (Å²) in [7, 11) is 0. The number of halogens is 2. The maximum absolute atomic E-state index is 12.0. The molecule has 0 saturated carbocycles. The molecule has 0 aromatic rings. The Hall–Kier alpha value is -0.750. The van der Waals surface area contributed by atoms with Gasteiger partial charge < -0.3 is 15.3 Å². The third kappa shape index (κ3) is 5.82. The molecular weight excluding hydrogens is 194 g/mol. The lowest BCUT2D eigenvalue weighted by Crippen LogP contribution is -2.42. The second kappa shape index (κ2) is 7.64. The normalized spacial score (nSPS) is 10.6. The molecule has 0 spiro atoms. The fourth-order valence-electron chi connectivity index (χ4n) is 0.949. The molecule has 0 bridgehead atoms. The Kier molecular flexibility index (Phi) is 7.23. The second-order valence-electron chi connectivity index (χ2n) is 2.73. The smallest absolute Gasteiger partial charge is 0.255 e. The van der Waals surface area contributed by atoms with Crippen LogP contribution in [0, 0.1) is 0 Å². The van der Waals surface area contributed by atoms with Gasteiger partial charge in [-0.2, -0.15) is 0 Å². The molecule has 0 aliphatic carbocycles. The van der Waals surface area contributed by atoms with Crippen LogP contribution in [-0.2, 0) is 4.79 Å². The van der Waals surface area contributed by atoms with Crippen LogP contribution in [0.5, 0.6) is 0 Å². The van der Waals surface area contributed by atoms with E-state index in [0.717, 1.165) is 4.90 Å². The summed E-state index contributed by atoms with van der Waals surface area (Å²) in [4.78, 5) is 12.2. The SMILES string of the molecule is CCNCC(=O)N(CCO)CC(F)F. The standard InChI is InChI=1S/C8H16F2N2O2/c1-2-11-5-8(14)12(3-4-13)6-7(9)10/h7,11,13H,2-6H2,1H3. The van der Waals surface area contributed by atoms with Crippen LogP contribution in [0.25, 0.3) is 0 Å². The number of aliphatic hydroxyl groups is 1. The van der Waals surface area contributed by atoms with E-state index < -0.39 is 18.9 Å². The van der Waals surface area contributed by atoms with Crippen molar-refractivity contribution < 1.29 is 18.7 Å². The lowest BCUT2D eigenvalue weighted by Gasteiger charge is -2.21. The fourth-order valence-corrected chi connectivity index (χ4v) is 0.949. The second-order valence-corrected chi connectivity index (χ2v) is 2.73. The first-order chi connectivity index (χ1) is 6.61. The molecule has 0 atom stereocenters. The Morgan fingerprint density at radius 1 is 1.57 bits per heavy atom. The monoisotopic (exact) mass is 210 g/mol. The number of amides is 1. The minimum absolute atomic E-state index is 0.0310. The largest absolute Gasteiger partial charge is 0.395 e. The molecule has 0 heterocycles. The van der Waals surface area contributed by atoms with Gasteiger partial charge in [-0.15, -0.1) is 0 Å². The number of carbonyl (C=O) groups excluding carboxylic acids is 1. The molecule has 6 heteroatoms. The zero-order chi connectivity index (χ0) is 11.0. The van der Waals surface area contributed by atoms with Crippen LogP contribution >= 0.6 is 0 Å². The highest BCUT2D eigenvalue weighted by Gasteiger charge is 2.16. The van der Waals surface area contributed by atoms with Crippen molar-refractivity contribution in [3.05, 3.63) is 0 Å². The zero-order valence-electron chi connectivity index (χ0n) is 8.17. The Morgan fingerprint density at radius 3 is 2.64 bits per heavy atom. The lowest BCUT2D eigenvalue weighted by molar-refractivity contribution is -0.132. The molecule has 1 amide bonds. The first kappa shape index (κ1) is 13.2.